The van der Waals surface area contributed by atoms with Crippen molar-refractivity contribution >= 4 is 23.1 Å². The van der Waals surface area contributed by atoms with Crippen molar-refractivity contribution in [3.8, 4) is 0 Å². The van der Waals surface area contributed by atoms with Gasteiger partial charge in [-0.3, -0.25) is 4.79 Å². The van der Waals surface area contributed by atoms with Gasteiger partial charge in [-0.2, -0.15) is 0 Å². The molecule has 1 aromatic heterocycles. The number of esters is 1. The standard InChI is InChI=1S/C19H22ClNO5/c1-4-25-19(24)12-8-21-14(6-16(12)22)11-5-13(20)17(23)7-18(11)26-9-15(21)10(2)3/h6-8,10,13,15,23H,4-5,9H2,1-3H3/t13-,15?/m1/s1. The number of allylic oxidation sites excluding steroid dienone is 3. The van der Waals surface area contributed by atoms with Crippen LogP contribution in [-0.2, 0) is 9.47 Å². The molecule has 2 atom stereocenters. The van der Waals surface area contributed by atoms with Gasteiger partial charge >= 0.3 is 5.97 Å². The van der Waals surface area contributed by atoms with Gasteiger partial charge in [-0.15, -0.1) is 11.6 Å². The van der Waals surface area contributed by atoms with Crippen LogP contribution in [0.15, 0.2) is 34.7 Å². The molecule has 140 valence electrons. The highest BCUT2D eigenvalue weighted by molar-refractivity contribution is 6.23. The summed E-state index contributed by atoms with van der Waals surface area (Å²) in [6.45, 7) is 6.33. The molecule has 2 aliphatic rings. The lowest BCUT2D eigenvalue weighted by Gasteiger charge is -2.25. The van der Waals surface area contributed by atoms with Crippen LogP contribution in [0.4, 0.5) is 0 Å². The van der Waals surface area contributed by atoms with E-state index in [4.69, 9.17) is 21.1 Å². The SMILES string of the molecule is CCOC(=O)c1cn2c(cc1=O)C1=C(C=C(O)[C@H](Cl)C1)OCC2C(C)C. The molecule has 0 saturated heterocycles. The lowest BCUT2D eigenvalue weighted by atomic mass is 9.96. The summed E-state index contributed by atoms with van der Waals surface area (Å²) >= 11 is 6.20. The van der Waals surface area contributed by atoms with Crippen LogP contribution in [0.1, 0.15) is 49.3 Å². The molecule has 0 bridgehead atoms. The Morgan fingerprint density at radius 1 is 1.50 bits per heavy atom. The summed E-state index contributed by atoms with van der Waals surface area (Å²) in [7, 11) is 0. The number of nitrogens with zero attached hydrogens (tertiary/aromatic N) is 1. The Balaban J connectivity index is 2.21. The maximum Gasteiger partial charge on any atom is 0.343 e. The lowest BCUT2D eigenvalue weighted by molar-refractivity contribution is 0.0522. The van der Waals surface area contributed by atoms with E-state index >= 15 is 0 Å². The van der Waals surface area contributed by atoms with Gasteiger partial charge in [0, 0.05) is 30.3 Å². The van der Waals surface area contributed by atoms with E-state index in [1.807, 2.05) is 18.4 Å². The minimum absolute atomic E-state index is 0.00178. The maximum atomic E-state index is 12.5. The van der Waals surface area contributed by atoms with E-state index in [1.165, 1.54) is 12.1 Å². The molecule has 0 fully saturated rings. The van der Waals surface area contributed by atoms with E-state index in [1.54, 1.807) is 13.1 Å². The molecule has 1 N–H and O–H groups in total. The summed E-state index contributed by atoms with van der Waals surface area (Å²) < 4.78 is 12.8. The minimum Gasteiger partial charge on any atom is -0.511 e. The number of halogens is 1. The van der Waals surface area contributed by atoms with Gasteiger partial charge in [-0.1, -0.05) is 13.8 Å². The van der Waals surface area contributed by atoms with Crippen LogP contribution in [-0.4, -0.2) is 34.2 Å². The predicted octanol–water partition coefficient (Wildman–Crippen LogP) is 3.42. The van der Waals surface area contributed by atoms with Crippen molar-refractivity contribution < 1.29 is 19.4 Å². The van der Waals surface area contributed by atoms with Crippen molar-refractivity contribution in [2.45, 2.75) is 38.6 Å². The van der Waals surface area contributed by atoms with Gasteiger partial charge in [0.25, 0.3) is 0 Å². The number of aliphatic hydroxyl groups is 1. The van der Waals surface area contributed by atoms with Gasteiger partial charge in [-0.05, 0) is 12.8 Å². The number of hydrogen-bond donors (Lipinski definition) is 1. The molecule has 0 amide bonds. The first-order valence-corrected chi connectivity index (χ1v) is 9.11. The number of aliphatic hydroxyl groups excluding tert-OH is 1. The van der Waals surface area contributed by atoms with Crippen molar-refractivity contribution in [2.24, 2.45) is 5.92 Å². The van der Waals surface area contributed by atoms with Crippen LogP contribution >= 0.6 is 11.6 Å². The van der Waals surface area contributed by atoms with Crippen LogP contribution in [0.5, 0.6) is 0 Å². The van der Waals surface area contributed by atoms with Crippen LogP contribution in [0.2, 0.25) is 0 Å². The molecular formula is C19H22ClNO5. The number of carbonyl (C=O) groups is 1. The number of alkyl halides is 1. The number of pyridine rings is 1. The van der Waals surface area contributed by atoms with Crippen LogP contribution in [0.3, 0.4) is 0 Å². The Labute approximate surface area is 156 Å². The van der Waals surface area contributed by atoms with E-state index in [-0.39, 0.29) is 29.9 Å². The first kappa shape index (κ1) is 18.6. The van der Waals surface area contributed by atoms with E-state index in [0.29, 0.717) is 24.5 Å². The zero-order chi connectivity index (χ0) is 19.0. The summed E-state index contributed by atoms with van der Waals surface area (Å²) in [4.78, 5) is 24.7. The quantitative estimate of drug-likeness (QED) is 0.643. The first-order chi connectivity index (χ1) is 12.3. The summed E-state index contributed by atoms with van der Waals surface area (Å²) in [6, 6.07) is 1.35. The normalized spacial score (nSPS) is 22.1. The third-order valence-corrected chi connectivity index (χ3v) is 5.08. The van der Waals surface area contributed by atoms with Crippen LogP contribution < -0.4 is 5.43 Å². The number of rotatable bonds is 3. The van der Waals surface area contributed by atoms with Crippen LogP contribution in [0.25, 0.3) is 5.57 Å². The molecule has 7 heteroatoms. The van der Waals surface area contributed by atoms with Gasteiger partial charge in [-0.25, -0.2) is 4.79 Å². The average Bonchev–Trinajstić information content (AvgIpc) is 2.72. The summed E-state index contributed by atoms with van der Waals surface area (Å²) in [5.74, 6) is 0.119. The largest absolute Gasteiger partial charge is 0.511 e. The molecule has 0 radical (unpaired) electrons. The number of carbonyl (C=O) groups excluding carboxylic acids is 1. The fourth-order valence-corrected chi connectivity index (χ4v) is 3.47. The number of aromatic nitrogens is 1. The van der Waals surface area contributed by atoms with Gasteiger partial charge < -0.3 is 19.1 Å². The average molecular weight is 380 g/mol. The van der Waals surface area contributed by atoms with Gasteiger partial charge in [0.1, 0.15) is 23.7 Å². The number of hydrogen-bond acceptors (Lipinski definition) is 5. The second kappa shape index (κ2) is 7.19. The van der Waals surface area contributed by atoms with Gasteiger partial charge in [0.2, 0.25) is 0 Å². The molecule has 1 aliphatic carbocycles. The van der Waals surface area contributed by atoms with Crippen molar-refractivity contribution in [1.29, 1.82) is 0 Å². The summed E-state index contributed by atoms with van der Waals surface area (Å²) in [6.07, 6.45) is 3.40. The molecular weight excluding hydrogens is 358 g/mol. The second-order valence-electron chi connectivity index (χ2n) is 6.77. The van der Waals surface area contributed by atoms with Gasteiger partial charge in [0.05, 0.1) is 23.7 Å². The van der Waals surface area contributed by atoms with Crippen LogP contribution in [0, 0.1) is 5.92 Å². The molecule has 1 aromatic rings. The fourth-order valence-electron chi connectivity index (χ4n) is 3.25. The summed E-state index contributed by atoms with van der Waals surface area (Å²) in [5.41, 5.74) is 1.000. The Hall–Kier alpha value is -2.21. The molecule has 6 nitrogen and oxygen atoms in total. The Bertz CT molecular complexity index is 852. The first-order valence-electron chi connectivity index (χ1n) is 8.67. The molecule has 2 heterocycles. The molecule has 26 heavy (non-hydrogen) atoms. The van der Waals surface area contributed by atoms with Crippen molar-refractivity contribution in [3.05, 3.63) is 51.3 Å². The monoisotopic (exact) mass is 379 g/mol. The van der Waals surface area contributed by atoms with Gasteiger partial charge in [0.15, 0.2) is 5.43 Å². The van der Waals surface area contributed by atoms with Crippen molar-refractivity contribution in [3.63, 3.8) is 0 Å². The zero-order valence-electron chi connectivity index (χ0n) is 15.0. The number of fused-ring (bicyclic) bond motifs is 2. The van der Waals surface area contributed by atoms with E-state index in [2.05, 4.69) is 0 Å². The fraction of sp³-hybridized carbons (Fsp3) is 0.474. The molecule has 1 aliphatic heterocycles. The Kier molecular flexibility index (Phi) is 5.14. The third kappa shape index (κ3) is 3.26. The molecule has 0 aromatic carbocycles. The highest BCUT2D eigenvalue weighted by atomic mass is 35.5. The Morgan fingerprint density at radius 3 is 2.88 bits per heavy atom. The zero-order valence-corrected chi connectivity index (χ0v) is 15.7. The topological polar surface area (TPSA) is 77.8 Å². The highest BCUT2D eigenvalue weighted by Crippen LogP contribution is 2.38. The highest BCUT2D eigenvalue weighted by Gasteiger charge is 2.32. The minimum atomic E-state index is -0.633. The molecule has 0 spiro atoms. The van der Waals surface area contributed by atoms with E-state index < -0.39 is 16.8 Å². The molecule has 3 rings (SSSR count). The van der Waals surface area contributed by atoms with E-state index in [0.717, 1.165) is 5.57 Å². The Morgan fingerprint density at radius 2 is 2.23 bits per heavy atom. The lowest BCUT2D eigenvalue weighted by Crippen LogP contribution is -2.27. The smallest absolute Gasteiger partial charge is 0.343 e. The maximum absolute atomic E-state index is 12.5. The third-order valence-electron chi connectivity index (χ3n) is 4.70. The molecule has 1 unspecified atom stereocenters. The van der Waals surface area contributed by atoms with Crippen molar-refractivity contribution in [1.82, 2.24) is 4.57 Å². The predicted molar refractivity (Wildman–Crippen MR) is 98.4 cm³/mol. The number of ether oxygens (including phenoxy) is 2. The van der Waals surface area contributed by atoms with E-state index in [9.17, 15) is 14.7 Å². The molecule has 0 saturated carbocycles. The summed E-state index contributed by atoms with van der Waals surface area (Å²) in [5, 5.41) is 9.37. The van der Waals surface area contributed by atoms with Crippen molar-refractivity contribution in [2.75, 3.05) is 13.2 Å². The second-order valence-corrected chi connectivity index (χ2v) is 7.30.